The minimum Gasteiger partial charge on any atom is -0.354 e. The number of hydrogen-bond donors (Lipinski definition) is 2. The van der Waals surface area contributed by atoms with Gasteiger partial charge in [0.15, 0.2) is 0 Å². The third-order valence-corrected chi connectivity index (χ3v) is 3.92. The van der Waals surface area contributed by atoms with E-state index in [0.29, 0.717) is 6.54 Å². The highest BCUT2D eigenvalue weighted by atomic mass is 16.2. The van der Waals surface area contributed by atoms with E-state index in [4.69, 9.17) is 0 Å². The van der Waals surface area contributed by atoms with Gasteiger partial charge in [0, 0.05) is 25.5 Å². The average Bonchev–Trinajstić information content (AvgIpc) is 3.10. The number of aromatic nitrogens is 2. The molecule has 2 amide bonds. The molecule has 25 heavy (non-hydrogen) atoms. The zero-order chi connectivity index (χ0) is 18.1. The van der Waals surface area contributed by atoms with Gasteiger partial charge in [-0.2, -0.15) is 0 Å². The second kappa shape index (κ2) is 9.61. The van der Waals surface area contributed by atoms with Gasteiger partial charge in [0.25, 0.3) is 0 Å². The quantitative estimate of drug-likeness (QED) is 0.682. The molecule has 2 aromatic rings. The van der Waals surface area contributed by atoms with Crippen LogP contribution >= 0.6 is 0 Å². The minimum absolute atomic E-state index is 0.0216. The van der Waals surface area contributed by atoms with E-state index < -0.39 is 6.04 Å². The lowest BCUT2D eigenvalue weighted by atomic mass is 10.0. The first-order valence-corrected chi connectivity index (χ1v) is 8.63. The lowest BCUT2D eigenvalue weighted by Crippen LogP contribution is -2.50. The molecule has 0 radical (unpaired) electrons. The lowest BCUT2D eigenvalue weighted by molar-refractivity contribution is -0.129. The smallest absolute Gasteiger partial charge is 0.242 e. The summed E-state index contributed by atoms with van der Waals surface area (Å²) in [6.45, 7) is 5.22. The summed E-state index contributed by atoms with van der Waals surface area (Å²) >= 11 is 0. The average molecular weight is 342 g/mol. The number of benzene rings is 1. The Morgan fingerprint density at radius 1 is 1.20 bits per heavy atom. The summed E-state index contributed by atoms with van der Waals surface area (Å²) in [5.41, 5.74) is 0.934. The summed E-state index contributed by atoms with van der Waals surface area (Å²) in [5.74, 6) is -0.256. The van der Waals surface area contributed by atoms with E-state index in [-0.39, 0.29) is 24.2 Å². The molecule has 1 unspecified atom stereocenters. The number of nitrogens with zero attached hydrogens (tertiary/aromatic N) is 2. The maximum absolute atomic E-state index is 12.4. The molecule has 1 atom stereocenters. The topological polar surface area (TPSA) is 76.0 Å². The molecule has 0 saturated carbocycles. The number of rotatable bonds is 9. The first kappa shape index (κ1) is 18.7. The number of aryl methyl sites for hydroxylation is 1. The maximum Gasteiger partial charge on any atom is 0.242 e. The van der Waals surface area contributed by atoms with Crippen LogP contribution < -0.4 is 10.6 Å². The first-order valence-electron chi connectivity index (χ1n) is 8.63. The SMILES string of the molecule is CC(C)C(NC(=O)Cc1ccccc1)C(=O)NCCCn1ccnc1. The van der Waals surface area contributed by atoms with Crippen molar-refractivity contribution >= 4 is 11.8 Å². The summed E-state index contributed by atoms with van der Waals surface area (Å²) in [6, 6.07) is 8.99. The molecule has 0 fully saturated rings. The van der Waals surface area contributed by atoms with Crippen molar-refractivity contribution in [1.82, 2.24) is 20.2 Å². The van der Waals surface area contributed by atoms with E-state index >= 15 is 0 Å². The molecule has 1 aromatic heterocycles. The number of imidazole rings is 1. The van der Waals surface area contributed by atoms with Gasteiger partial charge in [-0.15, -0.1) is 0 Å². The molecule has 6 nitrogen and oxygen atoms in total. The predicted molar refractivity (Wildman–Crippen MR) is 96.8 cm³/mol. The van der Waals surface area contributed by atoms with E-state index in [1.165, 1.54) is 0 Å². The van der Waals surface area contributed by atoms with E-state index in [2.05, 4.69) is 15.6 Å². The Bertz CT molecular complexity index is 653. The minimum atomic E-state index is -0.524. The van der Waals surface area contributed by atoms with Crippen molar-refractivity contribution in [1.29, 1.82) is 0 Å². The van der Waals surface area contributed by atoms with Gasteiger partial charge in [-0.25, -0.2) is 4.98 Å². The number of nitrogens with one attached hydrogen (secondary N) is 2. The van der Waals surface area contributed by atoms with Crippen molar-refractivity contribution in [2.45, 2.75) is 39.3 Å². The summed E-state index contributed by atoms with van der Waals surface area (Å²) in [6.07, 6.45) is 6.46. The van der Waals surface area contributed by atoms with Crippen molar-refractivity contribution in [3.8, 4) is 0 Å². The molecule has 1 heterocycles. The molecule has 0 spiro atoms. The van der Waals surface area contributed by atoms with Gasteiger partial charge in [0.2, 0.25) is 11.8 Å². The van der Waals surface area contributed by atoms with Crippen molar-refractivity contribution < 1.29 is 9.59 Å². The van der Waals surface area contributed by atoms with Gasteiger partial charge < -0.3 is 15.2 Å². The third kappa shape index (κ3) is 6.41. The van der Waals surface area contributed by atoms with Crippen LogP contribution in [0.15, 0.2) is 49.1 Å². The summed E-state index contributed by atoms with van der Waals surface area (Å²) in [7, 11) is 0. The normalized spacial score (nSPS) is 12.0. The van der Waals surface area contributed by atoms with Gasteiger partial charge in [-0.3, -0.25) is 9.59 Å². The van der Waals surface area contributed by atoms with Crippen molar-refractivity contribution in [2.75, 3.05) is 6.54 Å². The molecule has 6 heteroatoms. The first-order chi connectivity index (χ1) is 12.1. The Hall–Kier alpha value is -2.63. The molecule has 0 aliphatic carbocycles. The Balaban J connectivity index is 1.78. The van der Waals surface area contributed by atoms with Crippen molar-refractivity contribution in [2.24, 2.45) is 5.92 Å². The molecular weight excluding hydrogens is 316 g/mol. The van der Waals surface area contributed by atoms with Crippen LogP contribution in [0.1, 0.15) is 25.8 Å². The van der Waals surface area contributed by atoms with E-state index in [9.17, 15) is 9.59 Å². The Kier molecular flexibility index (Phi) is 7.19. The highest BCUT2D eigenvalue weighted by Gasteiger charge is 2.23. The monoisotopic (exact) mass is 342 g/mol. The zero-order valence-electron chi connectivity index (χ0n) is 14.8. The van der Waals surface area contributed by atoms with Gasteiger partial charge in [0.05, 0.1) is 12.7 Å². The summed E-state index contributed by atoms with van der Waals surface area (Å²) in [4.78, 5) is 28.6. The van der Waals surface area contributed by atoms with E-state index in [1.54, 1.807) is 12.5 Å². The van der Waals surface area contributed by atoms with Gasteiger partial charge in [0.1, 0.15) is 6.04 Å². The lowest BCUT2D eigenvalue weighted by Gasteiger charge is -2.22. The van der Waals surface area contributed by atoms with Gasteiger partial charge in [-0.1, -0.05) is 44.2 Å². The molecule has 0 aliphatic rings. The Morgan fingerprint density at radius 2 is 1.96 bits per heavy atom. The third-order valence-electron chi connectivity index (χ3n) is 3.92. The Labute approximate surface area is 148 Å². The van der Waals surface area contributed by atoms with E-state index in [1.807, 2.05) is 54.9 Å². The molecule has 0 aliphatic heterocycles. The largest absolute Gasteiger partial charge is 0.354 e. The molecule has 0 saturated heterocycles. The number of amides is 2. The fraction of sp³-hybridized carbons (Fsp3) is 0.421. The molecule has 134 valence electrons. The predicted octanol–water partition coefficient (Wildman–Crippen LogP) is 1.77. The standard InChI is InChI=1S/C19H26N4O2/c1-15(2)18(22-17(24)13-16-7-4-3-5-8-16)19(25)21-9-6-11-23-12-10-20-14-23/h3-5,7-8,10,12,14-15,18H,6,9,11,13H2,1-2H3,(H,21,25)(H,22,24). The van der Waals surface area contributed by atoms with Crippen molar-refractivity contribution in [3.63, 3.8) is 0 Å². The number of carbonyl (C=O) groups is 2. The van der Waals surface area contributed by atoms with Crippen LogP contribution in [-0.4, -0.2) is 34.0 Å². The van der Waals surface area contributed by atoms with Crippen LogP contribution in [0.2, 0.25) is 0 Å². The second-order valence-corrected chi connectivity index (χ2v) is 6.40. The number of carbonyl (C=O) groups excluding carboxylic acids is 2. The molecular formula is C19H26N4O2. The fourth-order valence-electron chi connectivity index (χ4n) is 2.54. The van der Waals surface area contributed by atoms with Crippen LogP contribution in [0, 0.1) is 5.92 Å². The highest BCUT2D eigenvalue weighted by molar-refractivity contribution is 5.88. The van der Waals surface area contributed by atoms with E-state index in [0.717, 1.165) is 18.5 Å². The summed E-state index contributed by atoms with van der Waals surface area (Å²) in [5, 5.41) is 5.76. The maximum atomic E-state index is 12.4. The molecule has 1 aromatic carbocycles. The van der Waals surface area contributed by atoms with Crippen LogP contribution in [0.3, 0.4) is 0 Å². The van der Waals surface area contributed by atoms with Crippen LogP contribution in [0.25, 0.3) is 0 Å². The molecule has 2 rings (SSSR count). The summed E-state index contributed by atoms with van der Waals surface area (Å²) < 4.78 is 1.97. The van der Waals surface area contributed by atoms with Crippen LogP contribution in [0.5, 0.6) is 0 Å². The molecule has 2 N–H and O–H groups in total. The molecule has 0 bridgehead atoms. The van der Waals surface area contributed by atoms with Crippen LogP contribution in [0.4, 0.5) is 0 Å². The van der Waals surface area contributed by atoms with Crippen molar-refractivity contribution in [3.05, 3.63) is 54.6 Å². The zero-order valence-corrected chi connectivity index (χ0v) is 14.8. The number of hydrogen-bond acceptors (Lipinski definition) is 3. The second-order valence-electron chi connectivity index (χ2n) is 6.40. The van der Waals surface area contributed by atoms with Crippen LogP contribution in [-0.2, 0) is 22.6 Å². The Morgan fingerprint density at radius 3 is 2.60 bits per heavy atom. The van der Waals surface area contributed by atoms with Gasteiger partial charge in [-0.05, 0) is 17.9 Å². The fourth-order valence-corrected chi connectivity index (χ4v) is 2.54. The highest BCUT2D eigenvalue weighted by Crippen LogP contribution is 2.04. The van der Waals surface area contributed by atoms with Gasteiger partial charge >= 0.3 is 0 Å².